The Bertz CT molecular complexity index is 484. The summed E-state index contributed by atoms with van der Waals surface area (Å²) in [6.07, 6.45) is 0.739. The molecular weight excluding hydrogens is 210 g/mol. The number of hydrazine groups is 2. The molecule has 2 aromatic rings. The summed E-state index contributed by atoms with van der Waals surface area (Å²) in [4.78, 5) is 0. The first-order valence-electron chi connectivity index (χ1n) is 5.89. The van der Waals surface area contributed by atoms with Crippen LogP contribution >= 0.6 is 0 Å². The van der Waals surface area contributed by atoms with Gasteiger partial charge in [0.05, 0.1) is 0 Å². The first kappa shape index (κ1) is 9.36. The largest absolute Gasteiger partial charge is 0.216 e. The summed E-state index contributed by atoms with van der Waals surface area (Å²) in [6, 6.07) is 21.1. The van der Waals surface area contributed by atoms with Crippen LogP contribution in [0.25, 0.3) is 0 Å². The molecule has 0 bridgehead atoms. The van der Waals surface area contributed by atoms with Gasteiger partial charge in [0.1, 0.15) is 12.3 Å². The summed E-state index contributed by atoms with van der Waals surface area (Å²) in [5.41, 5.74) is 6.11. The molecule has 0 spiro atoms. The van der Waals surface area contributed by atoms with Gasteiger partial charge in [0.2, 0.25) is 0 Å². The molecule has 4 atom stereocenters. The van der Waals surface area contributed by atoms with Crippen molar-refractivity contribution in [2.24, 2.45) is 0 Å². The van der Waals surface area contributed by atoms with Crippen molar-refractivity contribution in [3.63, 3.8) is 0 Å². The highest BCUT2D eigenvalue weighted by Gasteiger charge is 2.60. The van der Waals surface area contributed by atoms with E-state index >= 15 is 0 Å². The zero-order valence-corrected chi connectivity index (χ0v) is 9.32. The predicted molar refractivity (Wildman–Crippen MR) is 65.2 cm³/mol. The summed E-state index contributed by atoms with van der Waals surface area (Å²) in [5.74, 6) is 0. The monoisotopic (exact) mass is 223 g/mol. The van der Waals surface area contributed by atoms with Gasteiger partial charge in [-0.15, -0.1) is 5.12 Å². The molecule has 0 radical (unpaired) electrons. The maximum atomic E-state index is 3.44. The van der Waals surface area contributed by atoms with E-state index in [1.54, 1.807) is 0 Å². The Labute approximate surface area is 100 Å². The number of fused-ring (bicyclic) bond motifs is 1. The lowest BCUT2D eigenvalue weighted by atomic mass is 10.1. The van der Waals surface area contributed by atoms with E-state index < -0.39 is 0 Å². The summed E-state index contributed by atoms with van der Waals surface area (Å²) >= 11 is 0. The molecule has 2 aliphatic heterocycles. The van der Waals surface area contributed by atoms with Crippen LogP contribution in [0.2, 0.25) is 0 Å². The van der Waals surface area contributed by atoms with Gasteiger partial charge in [-0.25, -0.2) is 5.43 Å². The van der Waals surface area contributed by atoms with Crippen molar-refractivity contribution < 1.29 is 0 Å². The number of hydrogen-bond acceptors (Lipinski definition) is 3. The second kappa shape index (κ2) is 3.40. The Balaban J connectivity index is 1.57. The van der Waals surface area contributed by atoms with Crippen molar-refractivity contribution >= 4 is 0 Å². The van der Waals surface area contributed by atoms with Gasteiger partial charge in [-0.3, -0.25) is 0 Å². The van der Waals surface area contributed by atoms with Gasteiger partial charge in [0.25, 0.3) is 0 Å². The Morgan fingerprint density at radius 3 is 2.00 bits per heavy atom. The van der Waals surface area contributed by atoms with Crippen molar-refractivity contribution in [3.8, 4) is 0 Å². The number of benzene rings is 2. The van der Waals surface area contributed by atoms with Gasteiger partial charge in [0.15, 0.2) is 0 Å². The Kier molecular flexibility index (Phi) is 1.87. The summed E-state index contributed by atoms with van der Waals surface area (Å²) in [6.45, 7) is 0. The first-order chi connectivity index (χ1) is 8.45. The molecular formula is C14H13N3. The lowest BCUT2D eigenvalue weighted by Crippen LogP contribution is -2.44. The van der Waals surface area contributed by atoms with E-state index in [1.165, 1.54) is 11.1 Å². The highest BCUT2D eigenvalue weighted by atomic mass is 16.1. The zero-order chi connectivity index (χ0) is 11.2. The maximum Gasteiger partial charge on any atom is 0.134 e. The SMILES string of the molecule is c1ccc(C2N[N@@]3C(c4ccccc4)N23)cc1. The van der Waals surface area contributed by atoms with Gasteiger partial charge in [-0.05, 0) is 11.1 Å². The standard InChI is InChI=1S/C14H13N3/c1-3-7-11(8-4-1)13-15-17-14(16(13)17)12-9-5-2-6-10-12/h1-10,13-15H/t13?,14?,16?,17-/m1/s1. The van der Waals surface area contributed by atoms with Crippen LogP contribution in [0.3, 0.4) is 0 Å². The number of rotatable bonds is 2. The van der Waals surface area contributed by atoms with E-state index in [-0.39, 0.29) is 0 Å². The van der Waals surface area contributed by atoms with E-state index in [0.29, 0.717) is 12.3 Å². The van der Waals surface area contributed by atoms with Crippen molar-refractivity contribution in [2.75, 3.05) is 0 Å². The van der Waals surface area contributed by atoms with E-state index in [9.17, 15) is 0 Å². The summed E-state index contributed by atoms with van der Waals surface area (Å²) < 4.78 is 0. The van der Waals surface area contributed by atoms with Crippen molar-refractivity contribution in [1.29, 1.82) is 0 Å². The van der Waals surface area contributed by atoms with E-state index in [0.717, 1.165) is 0 Å². The van der Waals surface area contributed by atoms with E-state index in [4.69, 9.17) is 0 Å². The Morgan fingerprint density at radius 1 is 0.765 bits per heavy atom. The molecule has 3 heteroatoms. The molecule has 17 heavy (non-hydrogen) atoms. The fraction of sp³-hybridized carbons (Fsp3) is 0.143. The number of hydrogen-bond donors (Lipinski definition) is 1. The topological polar surface area (TPSA) is 18.0 Å². The molecule has 0 saturated carbocycles. The van der Waals surface area contributed by atoms with Crippen LogP contribution in [0.1, 0.15) is 23.5 Å². The Morgan fingerprint density at radius 2 is 1.35 bits per heavy atom. The smallest absolute Gasteiger partial charge is 0.134 e. The Hall–Kier alpha value is -1.68. The predicted octanol–water partition coefficient (Wildman–Crippen LogP) is 2.43. The third kappa shape index (κ3) is 1.34. The quantitative estimate of drug-likeness (QED) is 0.789. The number of nitrogens with zero attached hydrogens (tertiary/aromatic N) is 2. The van der Waals surface area contributed by atoms with Crippen molar-refractivity contribution in [2.45, 2.75) is 12.3 Å². The maximum absolute atomic E-state index is 3.44. The van der Waals surface area contributed by atoms with Crippen LogP contribution in [0.15, 0.2) is 60.7 Å². The molecule has 0 amide bonds. The molecule has 3 nitrogen and oxygen atoms in total. The van der Waals surface area contributed by atoms with Gasteiger partial charge in [-0.1, -0.05) is 60.7 Å². The number of nitrogens with one attached hydrogen (secondary N) is 1. The highest BCUT2D eigenvalue weighted by Crippen LogP contribution is 2.52. The van der Waals surface area contributed by atoms with Gasteiger partial charge in [0, 0.05) is 0 Å². The molecule has 1 N–H and O–H groups in total. The zero-order valence-electron chi connectivity index (χ0n) is 9.32. The molecule has 2 heterocycles. The van der Waals surface area contributed by atoms with Gasteiger partial charge in [-0.2, -0.15) is 5.01 Å². The van der Waals surface area contributed by atoms with E-state index in [1.807, 2.05) is 0 Å². The lowest BCUT2D eigenvalue weighted by molar-refractivity contribution is 0.0102. The fourth-order valence-corrected chi connectivity index (χ4v) is 2.50. The minimum Gasteiger partial charge on any atom is -0.216 e. The normalized spacial score (nSPS) is 33.6. The molecule has 84 valence electrons. The van der Waals surface area contributed by atoms with Crippen molar-refractivity contribution in [3.05, 3.63) is 71.8 Å². The third-order valence-electron chi connectivity index (χ3n) is 3.41. The average Bonchev–Trinajstić information content (AvgIpc) is 2.96. The minimum absolute atomic E-state index is 0.335. The van der Waals surface area contributed by atoms with E-state index in [2.05, 4.69) is 76.2 Å². The van der Waals surface area contributed by atoms with Crippen LogP contribution in [0.4, 0.5) is 0 Å². The second-order valence-corrected chi connectivity index (χ2v) is 4.45. The lowest BCUT2D eigenvalue weighted by Gasteiger charge is -2.28. The first-order valence-corrected chi connectivity index (χ1v) is 5.89. The van der Waals surface area contributed by atoms with Crippen LogP contribution < -0.4 is 5.43 Å². The van der Waals surface area contributed by atoms with Gasteiger partial charge < -0.3 is 0 Å². The fourth-order valence-electron chi connectivity index (χ4n) is 2.50. The summed E-state index contributed by atoms with van der Waals surface area (Å²) in [7, 11) is 0. The molecule has 2 saturated heterocycles. The van der Waals surface area contributed by atoms with Crippen LogP contribution in [0.5, 0.6) is 0 Å². The summed E-state index contributed by atoms with van der Waals surface area (Å²) in [5, 5.41) is 4.53. The third-order valence-corrected chi connectivity index (χ3v) is 3.41. The van der Waals surface area contributed by atoms with Crippen LogP contribution in [0, 0.1) is 0 Å². The molecule has 3 unspecified atom stereocenters. The second-order valence-electron chi connectivity index (χ2n) is 4.45. The molecule has 0 aromatic heterocycles. The minimum atomic E-state index is 0.335. The van der Waals surface area contributed by atoms with Crippen molar-refractivity contribution in [1.82, 2.24) is 15.6 Å². The van der Waals surface area contributed by atoms with Crippen LogP contribution in [-0.4, -0.2) is 10.1 Å². The molecule has 2 aliphatic rings. The van der Waals surface area contributed by atoms with Gasteiger partial charge >= 0.3 is 0 Å². The average molecular weight is 223 g/mol. The molecule has 2 aromatic carbocycles. The molecule has 2 fully saturated rings. The molecule has 4 rings (SSSR count). The molecule has 0 aliphatic carbocycles. The highest BCUT2D eigenvalue weighted by molar-refractivity contribution is 5.28. The van der Waals surface area contributed by atoms with Crippen LogP contribution in [-0.2, 0) is 0 Å².